The fourth-order valence-electron chi connectivity index (χ4n) is 6.31. The van der Waals surface area contributed by atoms with Crippen molar-refractivity contribution in [2.45, 2.75) is 57.4 Å². The molecule has 10 heteroatoms. The molecule has 2 aliphatic rings. The van der Waals surface area contributed by atoms with Gasteiger partial charge in [0.25, 0.3) is 0 Å². The zero-order chi connectivity index (χ0) is 30.3. The van der Waals surface area contributed by atoms with Gasteiger partial charge in [0.05, 0.1) is 29.1 Å². The topological polar surface area (TPSA) is 43.9 Å². The van der Waals surface area contributed by atoms with Gasteiger partial charge in [-0.05, 0) is 80.1 Å². The molecular weight excluding hydrogens is 558 g/mol. The predicted molar refractivity (Wildman–Crippen MR) is 151 cm³/mol. The molecule has 2 aromatic rings. The third-order valence-corrected chi connectivity index (χ3v) is 8.69. The average molecular weight is 592 g/mol. The van der Waals surface area contributed by atoms with E-state index >= 15 is 0 Å². The van der Waals surface area contributed by atoms with E-state index in [4.69, 9.17) is 11.6 Å². The molecule has 2 heterocycles. The molecule has 0 aliphatic carbocycles. The Kier molecular flexibility index (Phi) is 8.60. The Bertz CT molecular complexity index is 1350. The van der Waals surface area contributed by atoms with Crippen molar-refractivity contribution in [2.24, 2.45) is 5.41 Å². The van der Waals surface area contributed by atoms with Gasteiger partial charge in [-0.3, -0.25) is 4.79 Å². The van der Waals surface area contributed by atoms with Crippen LogP contribution in [0.25, 0.3) is 0 Å². The second-order valence-electron chi connectivity index (χ2n) is 11.0. The number of rotatable bonds is 7. The van der Waals surface area contributed by atoms with Gasteiger partial charge in [-0.25, -0.2) is 9.18 Å². The minimum absolute atomic E-state index is 0.0282. The van der Waals surface area contributed by atoms with Crippen LogP contribution in [0.15, 0.2) is 61.7 Å². The molecule has 3 atom stereocenters. The maximum Gasteiger partial charge on any atom is 0.416 e. The maximum atomic E-state index is 14.1. The molecule has 2 fully saturated rings. The van der Waals surface area contributed by atoms with Gasteiger partial charge < -0.3 is 14.7 Å². The van der Waals surface area contributed by atoms with Crippen molar-refractivity contribution < 1.29 is 27.2 Å². The van der Waals surface area contributed by atoms with Gasteiger partial charge in [0, 0.05) is 25.2 Å². The maximum absolute atomic E-state index is 14.1. The predicted octanol–water partition coefficient (Wildman–Crippen LogP) is 7.72. The SMILES string of the molecule is C=CCC1(CC=C)CC2[C@H](c3ccc(F)cc3C)N(C(=O)N(C)[C@H](C)c3cc(Cl)cc(C(F)(F)F)c3)CCN2C1=O. The highest BCUT2D eigenvalue weighted by atomic mass is 35.5. The lowest BCUT2D eigenvalue weighted by molar-refractivity contribution is -0.139. The number of amides is 3. The summed E-state index contributed by atoms with van der Waals surface area (Å²) in [5.41, 5.74) is -0.0639. The van der Waals surface area contributed by atoms with E-state index in [1.165, 1.54) is 30.1 Å². The first kappa shape index (κ1) is 30.6. The van der Waals surface area contributed by atoms with E-state index < -0.39 is 47.1 Å². The van der Waals surface area contributed by atoms with Crippen molar-refractivity contribution in [3.8, 4) is 0 Å². The summed E-state index contributed by atoms with van der Waals surface area (Å²) < 4.78 is 54.6. The minimum atomic E-state index is -4.60. The standard InChI is InChI=1S/C31H34ClF4N3O2/c1-6-10-30(11-7-2)18-26-27(25-9-8-24(33)14-19(25)3)39(13-12-38(26)28(30)40)29(41)37(5)20(4)21-15-22(31(34,35)36)17-23(32)16-21/h6-9,14-17,20,26-27H,1-2,10-13,18H2,3-5H3/t20-,26?,27+/m1/s1. The van der Waals surface area contributed by atoms with Gasteiger partial charge in [-0.1, -0.05) is 29.8 Å². The fourth-order valence-corrected chi connectivity index (χ4v) is 6.56. The molecule has 2 aliphatic heterocycles. The number of nitrogens with zero attached hydrogens (tertiary/aromatic N) is 3. The molecule has 5 nitrogen and oxygen atoms in total. The van der Waals surface area contributed by atoms with Gasteiger partial charge in [0.1, 0.15) is 5.82 Å². The number of hydrogen-bond acceptors (Lipinski definition) is 2. The van der Waals surface area contributed by atoms with Gasteiger partial charge in [-0.2, -0.15) is 13.2 Å². The summed E-state index contributed by atoms with van der Waals surface area (Å²) in [4.78, 5) is 32.7. The van der Waals surface area contributed by atoms with Gasteiger partial charge in [0.15, 0.2) is 0 Å². The molecule has 220 valence electrons. The highest BCUT2D eigenvalue weighted by molar-refractivity contribution is 6.30. The first-order valence-electron chi connectivity index (χ1n) is 13.4. The van der Waals surface area contributed by atoms with E-state index in [2.05, 4.69) is 13.2 Å². The van der Waals surface area contributed by atoms with E-state index in [1.807, 2.05) is 0 Å². The molecule has 2 saturated heterocycles. The zero-order valence-corrected chi connectivity index (χ0v) is 24.1. The number of piperazine rings is 1. The molecule has 2 aromatic carbocycles. The molecule has 4 rings (SSSR count). The molecule has 0 aromatic heterocycles. The summed E-state index contributed by atoms with van der Waals surface area (Å²) in [5, 5.41) is -0.0822. The Morgan fingerprint density at radius 1 is 1.17 bits per heavy atom. The number of carbonyl (C=O) groups excluding carboxylic acids is 2. The van der Waals surface area contributed by atoms with E-state index in [0.29, 0.717) is 36.9 Å². The van der Waals surface area contributed by atoms with Crippen LogP contribution in [0.3, 0.4) is 0 Å². The van der Waals surface area contributed by atoms with E-state index in [-0.39, 0.29) is 23.0 Å². The van der Waals surface area contributed by atoms with Crippen LogP contribution >= 0.6 is 11.6 Å². The van der Waals surface area contributed by atoms with E-state index in [9.17, 15) is 27.2 Å². The Morgan fingerprint density at radius 2 is 1.83 bits per heavy atom. The van der Waals surface area contributed by atoms with Crippen molar-refractivity contribution in [1.82, 2.24) is 14.7 Å². The second-order valence-corrected chi connectivity index (χ2v) is 11.5. The number of fused-ring (bicyclic) bond motifs is 1. The summed E-state index contributed by atoms with van der Waals surface area (Å²) in [6, 6.07) is 5.46. The quantitative estimate of drug-likeness (QED) is 0.244. The highest BCUT2D eigenvalue weighted by Gasteiger charge is 2.56. The number of benzene rings is 2. The van der Waals surface area contributed by atoms with Crippen LogP contribution in [0.5, 0.6) is 0 Å². The minimum Gasteiger partial charge on any atom is -0.335 e. The lowest BCUT2D eigenvalue weighted by atomic mass is 9.76. The number of aryl methyl sites for hydroxylation is 1. The first-order valence-corrected chi connectivity index (χ1v) is 13.8. The third kappa shape index (κ3) is 5.73. The summed E-state index contributed by atoms with van der Waals surface area (Å²) in [7, 11) is 1.53. The number of alkyl halides is 3. The molecule has 0 N–H and O–H groups in total. The average Bonchev–Trinajstić information content (AvgIpc) is 3.18. The first-order chi connectivity index (χ1) is 19.2. The Labute approximate surface area is 243 Å². The lowest BCUT2D eigenvalue weighted by Crippen LogP contribution is -2.57. The van der Waals surface area contributed by atoms with Crippen LogP contribution in [0, 0.1) is 18.2 Å². The normalized spacial score (nSPS) is 20.9. The molecule has 1 unspecified atom stereocenters. The Hall–Kier alpha value is -3.33. The van der Waals surface area contributed by atoms with Crippen LogP contribution in [0.4, 0.5) is 22.4 Å². The van der Waals surface area contributed by atoms with E-state index in [0.717, 1.165) is 12.1 Å². The smallest absolute Gasteiger partial charge is 0.335 e. The molecule has 0 spiro atoms. The number of carbonyl (C=O) groups is 2. The second kappa shape index (κ2) is 11.5. The molecule has 0 bridgehead atoms. The number of urea groups is 1. The number of halogens is 5. The molecule has 0 saturated carbocycles. The lowest BCUT2D eigenvalue weighted by Gasteiger charge is -2.47. The third-order valence-electron chi connectivity index (χ3n) is 8.48. The molecular formula is C31H34ClF4N3O2. The summed E-state index contributed by atoms with van der Waals surface area (Å²) >= 11 is 6.02. The molecule has 41 heavy (non-hydrogen) atoms. The van der Waals surface area contributed by atoms with Crippen LogP contribution in [0.1, 0.15) is 60.5 Å². The van der Waals surface area contributed by atoms with Gasteiger partial charge in [-0.15, -0.1) is 13.2 Å². The van der Waals surface area contributed by atoms with Gasteiger partial charge >= 0.3 is 12.2 Å². The van der Waals surface area contributed by atoms with Crippen LogP contribution in [0.2, 0.25) is 5.02 Å². The molecule has 0 radical (unpaired) electrons. The van der Waals surface area contributed by atoms with Crippen LogP contribution in [-0.4, -0.2) is 52.8 Å². The highest BCUT2D eigenvalue weighted by Crippen LogP contribution is 2.50. The largest absolute Gasteiger partial charge is 0.416 e. The zero-order valence-electron chi connectivity index (χ0n) is 23.3. The monoisotopic (exact) mass is 591 g/mol. The summed E-state index contributed by atoms with van der Waals surface area (Å²) in [6.07, 6.45) is 0.176. The summed E-state index contributed by atoms with van der Waals surface area (Å²) in [6.45, 7) is 11.6. The van der Waals surface area contributed by atoms with Crippen LogP contribution in [-0.2, 0) is 11.0 Å². The fraction of sp³-hybridized carbons (Fsp3) is 0.419. The van der Waals surface area contributed by atoms with E-state index in [1.54, 1.807) is 41.9 Å². The van der Waals surface area contributed by atoms with Gasteiger partial charge in [0.2, 0.25) is 5.91 Å². The Morgan fingerprint density at radius 3 is 2.41 bits per heavy atom. The van der Waals surface area contributed by atoms with Crippen molar-refractivity contribution in [1.29, 1.82) is 0 Å². The van der Waals surface area contributed by atoms with Crippen molar-refractivity contribution in [2.75, 3.05) is 20.1 Å². The summed E-state index contributed by atoms with van der Waals surface area (Å²) in [5.74, 6) is -0.446. The number of allylic oxidation sites excluding steroid dienone is 2. The van der Waals surface area contributed by atoms with Crippen molar-refractivity contribution in [3.63, 3.8) is 0 Å². The van der Waals surface area contributed by atoms with Crippen molar-refractivity contribution in [3.05, 3.63) is 94.8 Å². The van der Waals surface area contributed by atoms with Crippen LogP contribution < -0.4 is 0 Å². The number of hydrogen-bond donors (Lipinski definition) is 0. The van der Waals surface area contributed by atoms with Crippen molar-refractivity contribution >= 4 is 23.5 Å². The molecule has 3 amide bonds. The Balaban J connectivity index is 1.74.